The fourth-order valence-electron chi connectivity index (χ4n) is 1.82. The summed E-state index contributed by atoms with van der Waals surface area (Å²) in [4.78, 5) is 11.5. The molecule has 0 saturated carbocycles. The largest absolute Gasteiger partial charge is 0.465 e. The minimum absolute atomic E-state index is 0.114. The fraction of sp³-hybridized carbons (Fsp3) is 0.133. The van der Waals surface area contributed by atoms with E-state index in [4.69, 9.17) is 0 Å². The van der Waals surface area contributed by atoms with Crippen LogP contribution >= 0.6 is 31.9 Å². The molecule has 0 aromatic heterocycles. The zero-order valence-corrected chi connectivity index (χ0v) is 16.0. The van der Waals surface area contributed by atoms with Gasteiger partial charge in [0.25, 0.3) is 0 Å². The van der Waals surface area contributed by atoms with Crippen molar-refractivity contribution in [1.29, 1.82) is 0 Å². The maximum absolute atomic E-state index is 12.4. The first kappa shape index (κ1) is 18.1. The normalized spacial score (nSPS) is 11.3. The Morgan fingerprint density at radius 1 is 1.13 bits per heavy atom. The monoisotopic (exact) mass is 461 g/mol. The zero-order valence-electron chi connectivity index (χ0n) is 12.0. The molecule has 0 radical (unpaired) electrons. The van der Waals surface area contributed by atoms with Crippen LogP contribution in [-0.2, 0) is 21.3 Å². The van der Waals surface area contributed by atoms with Gasteiger partial charge in [-0.25, -0.2) is 17.9 Å². The summed E-state index contributed by atoms with van der Waals surface area (Å²) < 4.78 is 33.0. The van der Waals surface area contributed by atoms with E-state index in [0.29, 0.717) is 14.5 Å². The molecule has 0 aliphatic carbocycles. The van der Waals surface area contributed by atoms with Gasteiger partial charge in [-0.3, -0.25) is 0 Å². The van der Waals surface area contributed by atoms with Gasteiger partial charge in [-0.15, -0.1) is 0 Å². The van der Waals surface area contributed by atoms with E-state index in [0.717, 1.165) is 5.56 Å². The Morgan fingerprint density at radius 2 is 1.78 bits per heavy atom. The van der Waals surface area contributed by atoms with Gasteiger partial charge in [-0.2, -0.15) is 0 Å². The maximum Gasteiger partial charge on any atom is 0.337 e. The highest BCUT2D eigenvalue weighted by Gasteiger charge is 2.17. The number of hydrogen-bond acceptors (Lipinski definition) is 4. The lowest BCUT2D eigenvalue weighted by atomic mass is 10.1. The predicted octanol–water partition coefficient (Wildman–Crippen LogP) is 3.48. The van der Waals surface area contributed by atoms with Crippen LogP contribution in [0, 0.1) is 0 Å². The Morgan fingerprint density at radius 3 is 2.39 bits per heavy atom. The van der Waals surface area contributed by atoms with Gasteiger partial charge in [0.1, 0.15) is 0 Å². The SMILES string of the molecule is COC(=O)c1ccc(CNS(=O)(=O)c2cc(Br)ccc2Br)cc1. The van der Waals surface area contributed by atoms with Crippen molar-refractivity contribution in [2.45, 2.75) is 11.4 Å². The summed E-state index contributed by atoms with van der Waals surface area (Å²) in [6, 6.07) is 11.4. The van der Waals surface area contributed by atoms with E-state index in [1.54, 1.807) is 36.4 Å². The number of sulfonamides is 1. The van der Waals surface area contributed by atoms with Crippen molar-refractivity contribution in [3.63, 3.8) is 0 Å². The Labute approximate surface area is 151 Å². The van der Waals surface area contributed by atoms with Gasteiger partial charge in [-0.1, -0.05) is 28.1 Å². The molecule has 2 aromatic rings. The molecular formula is C15H13Br2NO4S. The Hall–Kier alpha value is -1.22. The molecule has 1 N–H and O–H groups in total. The van der Waals surface area contributed by atoms with Crippen molar-refractivity contribution in [1.82, 2.24) is 4.72 Å². The van der Waals surface area contributed by atoms with Gasteiger partial charge in [0.05, 0.1) is 17.6 Å². The van der Waals surface area contributed by atoms with Gasteiger partial charge in [0.2, 0.25) is 10.0 Å². The summed E-state index contributed by atoms with van der Waals surface area (Å²) in [7, 11) is -2.36. The zero-order chi connectivity index (χ0) is 17.0. The van der Waals surface area contributed by atoms with Crippen LogP contribution in [-0.4, -0.2) is 21.5 Å². The molecular weight excluding hydrogens is 450 g/mol. The highest BCUT2D eigenvalue weighted by atomic mass is 79.9. The van der Waals surface area contributed by atoms with Crippen molar-refractivity contribution in [3.05, 3.63) is 62.5 Å². The summed E-state index contributed by atoms with van der Waals surface area (Å²) >= 11 is 6.49. The van der Waals surface area contributed by atoms with Crippen LogP contribution in [0.3, 0.4) is 0 Å². The van der Waals surface area contributed by atoms with Crippen molar-refractivity contribution in [2.75, 3.05) is 7.11 Å². The van der Waals surface area contributed by atoms with E-state index < -0.39 is 16.0 Å². The molecule has 0 heterocycles. The van der Waals surface area contributed by atoms with E-state index in [1.807, 2.05) is 0 Å². The molecule has 0 atom stereocenters. The Bertz CT molecular complexity index is 820. The lowest BCUT2D eigenvalue weighted by Gasteiger charge is -2.09. The molecule has 0 aliphatic rings. The van der Waals surface area contributed by atoms with E-state index >= 15 is 0 Å². The number of benzene rings is 2. The summed E-state index contributed by atoms with van der Waals surface area (Å²) in [5, 5.41) is 0. The standard InChI is InChI=1S/C15H13Br2NO4S/c1-22-15(19)11-4-2-10(3-5-11)9-18-23(20,21)14-8-12(16)6-7-13(14)17/h2-8,18H,9H2,1H3. The third-order valence-corrected chi connectivity index (χ3v) is 5.91. The molecule has 0 aliphatic heterocycles. The number of esters is 1. The molecule has 0 unspecified atom stereocenters. The number of carbonyl (C=O) groups excluding carboxylic acids is 1. The molecule has 0 bridgehead atoms. The average molecular weight is 463 g/mol. The first-order valence-corrected chi connectivity index (χ1v) is 9.52. The molecule has 0 amide bonds. The number of methoxy groups -OCH3 is 1. The van der Waals surface area contributed by atoms with Gasteiger partial charge in [0.15, 0.2) is 0 Å². The van der Waals surface area contributed by atoms with Crippen molar-refractivity contribution in [3.8, 4) is 0 Å². The number of ether oxygens (including phenoxy) is 1. The van der Waals surface area contributed by atoms with Crippen molar-refractivity contribution < 1.29 is 17.9 Å². The first-order valence-electron chi connectivity index (χ1n) is 6.45. The van der Waals surface area contributed by atoms with E-state index in [1.165, 1.54) is 13.2 Å². The summed E-state index contributed by atoms with van der Waals surface area (Å²) in [6.45, 7) is 0.114. The summed E-state index contributed by atoms with van der Waals surface area (Å²) in [5.74, 6) is -0.435. The van der Waals surface area contributed by atoms with E-state index in [2.05, 4.69) is 41.3 Å². The number of rotatable bonds is 5. The molecule has 2 rings (SSSR count). The lowest BCUT2D eigenvalue weighted by Crippen LogP contribution is -2.23. The average Bonchev–Trinajstić information content (AvgIpc) is 2.55. The van der Waals surface area contributed by atoms with Crippen LogP contribution < -0.4 is 4.72 Å². The van der Waals surface area contributed by atoms with Gasteiger partial charge in [0, 0.05) is 15.5 Å². The highest BCUT2D eigenvalue weighted by Crippen LogP contribution is 2.25. The molecule has 8 heteroatoms. The first-order chi connectivity index (χ1) is 10.8. The molecule has 0 fully saturated rings. The molecule has 23 heavy (non-hydrogen) atoms. The van der Waals surface area contributed by atoms with Crippen LogP contribution in [0.25, 0.3) is 0 Å². The second kappa shape index (κ2) is 7.57. The molecule has 0 saturated heterocycles. The van der Waals surface area contributed by atoms with Gasteiger partial charge in [-0.05, 0) is 51.8 Å². The topological polar surface area (TPSA) is 72.5 Å². The fourth-order valence-corrected chi connectivity index (χ4v) is 4.33. The second-order valence-corrected chi connectivity index (χ2v) is 8.09. The smallest absolute Gasteiger partial charge is 0.337 e. The third-order valence-electron chi connectivity index (χ3n) is 3.02. The number of nitrogens with one attached hydrogen (secondary N) is 1. The van der Waals surface area contributed by atoms with Crippen molar-refractivity contribution >= 4 is 47.9 Å². The maximum atomic E-state index is 12.4. The molecule has 5 nitrogen and oxygen atoms in total. The van der Waals surface area contributed by atoms with Crippen LogP contribution in [0.15, 0.2) is 56.3 Å². The number of hydrogen-bond donors (Lipinski definition) is 1. The summed E-state index contributed by atoms with van der Waals surface area (Å²) in [5.41, 5.74) is 1.14. The van der Waals surface area contributed by atoms with Crippen LogP contribution in [0.2, 0.25) is 0 Å². The highest BCUT2D eigenvalue weighted by molar-refractivity contribution is 9.11. The van der Waals surface area contributed by atoms with Crippen LogP contribution in [0.1, 0.15) is 15.9 Å². The minimum Gasteiger partial charge on any atom is -0.465 e. The third kappa shape index (κ3) is 4.63. The molecule has 0 spiro atoms. The quantitative estimate of drug-likeness (QED) is 0.690. The van der Waals surface area contributed by atoms with Gasteiger partial charge < -0.3 is 4.74 Å². The Kier molecular flexibility index (Phi) is 5.96. The molecule has 2 aromatic carbocycles. The van der Waals surface area contributed by atoms with E-state index in [9.17, 15) is 13.2 Å². The molecule has 122 valence electrons. The van der Waals surface area contributed by atoms with Crippen LogP contribution in [0.5, 0.6) is 0 Å². The Balaban J connectivity index is 2.13. The van der Waals surface area contributed by atoms with E-state index in [-0.39, 0.29) is 11.4 Å². The number of carbonyl (C=O) groups is 1. The lowest BCUT2D eigenvalue weighted by molar-refractivity contribution is 0.0600. The van der Waals surface area contributed by atoms with Gasteiger partial charge >= 0.3 is 5.97 Å². The predicted molar refractivity (Wildman–Crippen MR) is 93.6 cm³/mol. The summed E-state index contributed by atoms with van der Waals surface area (Å²) in [6.07, 6.45) is 0. The number of halogens is 2. The minimum atomic E-state index is -3.66. The van der Waals surface area contributed by atoms with Crippen LogP contribution in [0.4, 0.5) is 0 Å². The second-order valence-electron chi connectivity index (χ2n) is 4.59. The van der Waals surface area contributed by atoms with Crippen molar-refractivity contribution in [2.24, 2.45) is 0 Å².